The maximum atomic E-state index is 12.7. The van der Waals surface area contributed by atoms with Crippen molar-refractivity contribution in [2.45, 2.75) is 45.1 Å². The standard InChI is InChI=1S/C28H29ClN6O/c1-18-5-4-6-23(29)22(18)17-30-28(36)20-9-11-21(12-10-20)31-27-16-25(34-13-2-3-14-34)32-26-15-24(19-7-8-19)33-35(26)27/h4-6,9-12,15-16,19,31H,2-3,7-8,13-14,17H2,1H3,(H,30,36). The monoisotopic (exact) mass is 500 g/mol. The second kappa shape index (κ2) is 9.47. The van der Waals surface area contributed by atoms with Crippen molar-refractivity contribution >= 4 is 40.5 Å². The van der Waals surface area contributed by atoms with Gasteiger partial charge in [-0.2, -0.15) is 9.61 Å². The molecule has 36 heavy (non-hydrogen) atoms. The Hall–Kier alpha value is -3.58. The molecule has 1 aliphatic carbocycles. The van der Waals surface area contributed by atoms with E-state index in [4.69, 9.17) is 21.7 Å². The van der Waals surface area contributed by atoms with E-state index in [0.29, 0.717) is 23.0 Å². The van der Waals surface area contributed by atoms with Crippen molar-refractivity contribution in [1.82, 2.24) is 19.9 Å². The van der Waals surface area contributed by atoms with Gasteiger partial charge in [-0.1, -0.05) is 23.7 Å². The van der Waals surface area contributed by atoms with Crippen LogP contribution in [0.1, 0.15) is 58.8 Å². The van der Waals surface area contributed by atoms with Crippen LogP contribution in [0.15, 0.2) is 54.6 Å². The average molecular weight is 501 g/mol. The molecule has 1 amide bonds. The number of nitrogens with one attached hydrogen (secondary N) is 2. The number of hydrogen-bond acceptors (Lipinski definition) is 5. The first kappa shape index (κ1) is 22.9. The molecule has 0 spiro atoms. The molecule has 4 aromatic rings. The Bertz CT molecular complexity index is 1400. The summed E-state index contributed by atoms with van der Waals surface area (Å²) in [5.41, 5.74) is 5.46. The van der Waals surface area contributed by atoms with E-state index in [1.54, 1.807) is 0 Å². The van der Waals surface area contributed by atoms with E-state index in [1.807, 2.05) is 53.9 Å². The number of hydrogen-bond donors (Lipinski definition) is 2. The van der Waals surface area contributed by atoms with Gasteiger partial charge in [0.2, 0.25) is 0 Å². The zero-order valence-electron chi connectivity index (χ0n) is 20.3. The maximum absolute atomic E-state index is 12.7. The van der Waals surface area contributed by atoms with Gasteiger partial charge < -0.3 is 15.5 Å². The summed E-state index contributed by atoms with van der Waals surface area (Å²) >= 11 is 6.30. The Kier molecular flexibility index (Phi) is 6.01. The number of rotatable bonds is 7. The largest absolute Gasteiger partial charge is 0.356 e. The van der Waals surface area contributed by atoms with Crippen LogP contribution >= 0.6 is 11.6 Å². The summed E-state index contributed by atoms with van der Waals surface area (Å²) in [6.45, 7) is 4.45. The molecule has 2 aliphatic rings. The third-order valence-electron chi connectivity index (χ3n) is 7.06. The van der Waals surface area contributed by atoms with Crippen molar-refractivity contribution in [3.63, 3.8) is 0 Å². The highest BCUT2D eigenvalue weighted by Gasteiger charge is 2.27. The molecule has 3 heterocycles. The predicted octanol–water partition coefficient (Wildman–Crippen LogP) is 5.84. The lowest BCUT2D eigenvalue weighted by Crippen LogP contribution is -2.23. The van der Waals surface area contributed by atoms with Gasteiger partial charge in [0, 0.05) is 54.0 Å². The molecule has 1 saturated carbocycles. The summed E-state index contributed by atoms with van der Waals surface area (Å²) < 4.78 is 1.90. The van der Waals surface area contributed by atoms with Gasteiger partial charge in [-0.15, -0.1) is 0 Å². The molecular formula is C28H29ClN6O. The van der Waals surface area contributed by atoms with Crippen LogP contribution in [-0.4, -0.2) is 33.6 Å². The normalized spacial score (nSPS) is 15.4. The van der Waals surface area contributed by atoms with Crippen LogP contribution in [-0.2, 0) is 6.54 Å². The number of anilines is 3. The molecule has 0 radical (unpaired) electrons. The molecule has 1 saturated heterocycles. The van der Waals surface area contributed by atoms with Crippen LogP contribution in [0.5, 0.6) is 0 Å². The van der Waals surface area contributed by atoms with Crippen LogP contribution < -0.4 is 15.5 Å². The van der Waals surface area contributed by atoms with Crippen LogP contribution in [0.2, 0.25) is 5.02 Å². The third-order valence-corrected chi connectivity index (χ3v) is 7.41. The van der Waals surface area contributed by atoms with Crippen molar-refractivity contribution in [3.05, 3.63) is 82.0 Å². The van der Waals surface area contributed by atoms with Gasteiger partial charge in [-0.25, -0.2) is 4.98 Å². The van der Waals surface area contributed by atoms with E-state index in [9.17, 15) is 4.79 Å². The molecule has 2 aromatic carbocycles. The number of aromatic nitrogens is 3. The topological polar surface area (TPSA) is 74.6 Å². The zero-order chi connectivity index (χ0) is 24.6. The summed E-state index contributed by atoms with van der Waals surface area (Å²) in [7, 11) is 0. The molecular weight excluding hydrogens is 472 g/mol. The van der Waals surface area contributed by atoms with Gasteiger partial charge in [0.05, 0.1) is 5.69 Å². The minimum Gasteiger partial charge on any atom is -0.356 e. The predicted molar refractivity (Wildman–Crippen MR) is 143 cm³/mol. The molecule has 7 nitrogen and oxygen atoms in total. The van der Waals surface area contributed by atoms with Gasteiger partial charge in [-0.3, -0.25) is 4.79 Å². The van der Waals surface area contributed by atoms with E-state index in [-0.39, 0.29) is 5.91 Å². The number of fused-ring (bicyclic) bond motifs is 1. The smallest absolute Gasteiger partial charge is 0.251 e. The van der Waals surface area contributed by atoms with E-state index in [2.05, 4.69) is 27.7 Å². The van der Waals surface area contributed by atoms with E-state index >= 15 is 0 Å². The Balaban J connectivity index is 1.21. The number of benzene rings is 2. The van der Waals surface area contributed by atoms with Crippen molar-refractivity contribution in [3.8, 4) is 0 Å². The first-order chi connectivity index (χ1) is 17.5. The first-order valence-corrected chi connectivity index (χ1v) is 13.0. The number of carbonyl (C=O) groups is 1. The van der Waals surface area contributed by atoms with Crippen molar-refractivity contribution in [2.75, 3.05) is 23.3 Å². The summed E-state index contributed by atoms with van der Waals surface area (Å²) in [4.78, 5) is 20.0. The summed E-state index contributed by atoms with van der Waals surface area (Å²) in [6.07, 6.45) is 4.79. The lowest BCUT2D eigenvalue weighted by molar-refractivity contribution is 0.0951. The van der Waals surface area contributed by atoms with Gasteiger partial charge >= 0.3 is 0 Å². The molecule has 0 bridgehead atoms. The summed E-state index contributed by atoms with van der Waals surface area (Å²) in [5.74, 6) is 2.28. The van der Waals surface area contributed by atoms with Gasteiger partial charge in [0.15, 0.2) is 5.65 Å². The Labute approximate surface area is 215 Å². The molecule has 0 unspecified atom stereocenters. The Morgan fingerprint density at radius 3 is 2.58 bits per heavy atom. The summed E-state index contributed by atoms with van der Waals surface area (Å²) in [6, 6.07) is 17.4. The van der Waals surface area contributed by atoms with Crippen LogP contribution in [0.4, 0.5) is 17.3 Å². The summed E-state index contributed by atoms with van der Waals surface area (Å²) in [5, 5.41) is 12.0. The van der Waals surface area contributed by atoms with Gasteiger partial charge in [0.1, 0.15) is 11.6 Å². The minimum absolute atomic E-state index is 0.135. The quantitative estimate of drug-likeness (QED) is 0.333. The molecule has 2 fully saturated rings. The lowest BCUT2D eigenvalue weighted by atomic mass is 10.1. The van der Waals surface area contributed by atoms with Gasteiger partial charge in [-0.05, 0) is 74.1 Å². The lowest BCUT2D eigenvalue weighted by Gasteiger charge is -2.18. The SMILES string of the molecule is Cc1cccc(Cl)c1CNC(=O)c1ccc(Nc2cc(N3CCCC3)nc3cc(C4CC4)nn23)cc1. The maximum Gasteiger partial charge on any atom is 0.251 e. The molecule has 1 aliphatic heterocycles. The number of nitrogens with zero attached hydrogens (tertiary/aromatic N) is 4. The number of halogens is 1. The van der Waals surface area contributed by atoms with E-state index in [1.165, 1.54) is 25.7 Å². The van der Waals surface area contributed by atoms with E-state index in [0.717, 1.165) is 52.9 Å². The highest BCUT2D eigenvalue weighted by atomic mass is 35.5. The fourth-order valence-corrected chi connectivity index (χ4v) is 5.06. The fourth-order valence-electron chi connectivity index (χ4n) is 4.77. The highest BCUT2D eigenvalue weighted by molar-refractivity contribution is 6.31. The van der Waals surface area contributed by atoms with Crippen LogP contribution in [0.25, 0.3) is 5.65 Å². The molecule has 2 N–H and O–H groups in total. The second-order valence-electron chi connectivity index (χ2n) is 9.73. The van der Waals surface area contributed by atoms with Crippen LogP contribution in [0.3, 0.4) is 0 Å². The Morgan fingerprint density at radius 2 is 1.86 bits per heavy atom. The van der Waals surface area contributed by atoms with Crippen molar-refractivity contribution in [1.29, 1.82) is 0 Å². The van der Waals surface area contributed by atoms with Crippen LogP contribution in [0, 0.1) is 6.92 Å². The number of amides is 1. The Morgan fingerprint density at radius 1 is 1.08 bits per heavy atom. The van der Waals surface area contributed by atoms with Crippen molar-refractivity contribution < 1.29 is 4.79 Å². The average Bonchev–Trinajstić information content (AvgIpc) is 3.39. The first-order valence-electron chi connectivity index (χ1n) is 12.6. The molecule has 184 valence electrons. The van der Waals surface area contributed by atoms with Crippen molar-refractivity contribution in [2.24, 2.45) is 0 Å². The number of carbonyl (C=O) groups excluding carboxylic acids is 1. The molecule has 8 heteroatoms. The van der Waals surface area contributed by atoms with Gasteiger partial charge in [0.25, 0.3) is 5.91 Å². The molecule has 2 aromatic heterocycles. The number of aryl methyl sites for hydroxylation is 1. The molecule has 0 atom stereocenters. The fraction of sp³-hybridized carbons (Fsp3) is 0.321. The minimum atomic E-state index is -0.135. The molecule has 6 rings (SSSR count). The highest BCUT2D eigenvalue weighted by Crippen LogP contribution is 2.40. The zero-order valence-corrected chi connectivity index (χ0v) is 21.1. The second-order valence-corrected chi connectivity index (χ2v) is 10.1. The van der Waals surface area contributed by atoms with E-state index < -0.39 is 0 Å². The third kappa shape index (κ3) is 4.63.